The van der Waals surface area contributed by atoms with Crippen molar-refractivity contribution in [1.29, 1.82) is 0 Å². The molecule has 1 aliphatic heterocycles. The molecular formula is C22H27FN4O2. The van der Waals surface area contributed by atoms with Crippen molar-refractivity contribution < 1.29 is 14.0 Å². The lowest BCUT2D eigenvalue weighted by Crippen LogP contribution is -2.41. The van der Waals surface area contributed by atoms with E-state index in [4.69, 9.17) is 0 Å². The minimum Gasteiger partial charge on any atom is -0.378 e. The molecule has 2 aromatic rings. The summed E-state index contributed by atoms with van der Waals surface area (Å²) in [4.78, 5) is 28.8. The topological polar surface area (TPSA) is 64.7 Å². The molecule has 0 aromatic heterocycles. The lowest BCUT2D eigenvalue weighted by Gasteiger charge is -2.28. The second-order valence-corrected chi connectivity index (χ2v) is 7.42. The van der Waals surface area contributed by atoms with Crippen molar-refractivity contribution in [3.05, 3.63) is 59.9 Å². The predicted molar refractivity (Wildman–Crippen MR) is 112 cm³/mol. The van der Waals surface area contributed by atoms with Gasteiger partial charge in [0.1, 0.15) is 5.82 Å². The molecule has 1 saturated heterocycles. The number of halogens is 1. The molecule has 1 aliphatic rings. The van der Waals surface area contributed by atoms with Crippen molar-refractivity contribution >= 4 is 23.2 Å². The molecule has 0 bridgehead atoms. The van der Waals surface area contributed by atoms with Crippen LogP contribution in [0, 0.1) is 5.82 Å². The van der Waals surface area contributed by atoms with Crippen LogP contribution in [0.15, 0.2) is 48.5 Å². The van der Waals surface area contributed by atoms with Crippen LogP contribution < -0.4 is 15.5 Å². The van der Waals surface area contributed by atoms with Crippen LogP contribution in [0.2, 0.25) is 0 Å². The van der Waals surface area contributed by atoms with E-state index in [1.165, 1.54) is 24.3 Å². The Morgan fingerprint density at radius 3 is 2.38 bits per heavy atom. The van der Waals surface area contributed by atoms with Gasteiger partial charge in [0.2, 0.25) is 0 Å². The first-order valence-corrected chi connectivity index (χ1v) is 9.80. The molecule has 0 saturated carbocycles. The third kappa shape index (κ3) is 5.54. The fourth-order valence-corrected chi connectivity index (χ4v) is 3.53. The average molecular weight is 398 g/mol. The average Bonchev–Trinajstić information content (AvgIpc) is 3.23. The van der Waals surface area contributed by atoms with Gasteiger partial charge in [0, 0.05) is 32.0 Å². The Kier molecular flexibility index (Phi) is 6.82. The quantitative estimate of drug-likeness (QED) is 0.735. The van der Waals surface area contributed by atoms with E-state index in [-0.39, 0.29) is 11.7 Å². The Balaban J connectivity index is 1.64. The van der Waals surface area contributed by atoms with Crippen molar-refractivity contribution in [1.82, 2.24) is 10.2 Å². The molecule has 7 heteroatoms. The van der Waals surface area contributed by atoms with Gasteiger partial charge in [-0.3, -0.25) is 14.5 Å². The SMILES string of the molecule is CN(C)c1ccc([C@H](CNC(=O)C(=O)Nc2cccc(F)c2)N2CCCC2)cc1. The summed E-state index contributed by atoms with van der Waals surface area (Å²) in [6.45, 7) is 2.26. The van der Waals surface area contributed by atoms with Crippen LogP contribution in [0.3, 0.4) is 0 Å². The van der Waals surface area contributed by atoms with Gasteiger partial charge in [-0.2, -0.15) is 0 Å². The highest BCUT2D eigenvalue weighted by Crippen LogP contribution is 2.26. The van der Waals surface area contributed by atoms with Crippen molar-refractivity contribution in [3.63, 3.8) is 0 Å². The van der Waals surface area contributed by atoms with Crippen LogP contribution in [0.4, 0.5) is 15.8 Å². The van der Waals surface area contributed by atoms with Crippen LogP contribution in [-0.4, -0.2) is 50.4 Å². The third-order valence-corrected chi connectivity index (χ3v) is 5.12. The molecular weight excluding hydrogens is 371 g/mol. The zero-order valence-electron chi connectivity index (χ0n) is 16.8. The fourth-order valence-electron chi connectivity index (χ4n) is 3.53. The number of likely N-dealkylation sites (tertiary alicyclic amines) is 1. The highest BCUT2D eigenvalue weighted by molar-refractivity contribution is 6.39. The van der Waals surface area contributed by atoms with E-state index in [0.29, 0.717) is 6.54 Å². The summed E-state index contributed by atoms with van der Waals surface area (Å²) in [6.07, 6.45) is 2.25. The summed E-state index contributed by atoms with van der Waals surface area (Å²) in [6, 6.07) is 13.7. The number of nitrogens with zero attached hydrogens (tertiary/aromatic N) is 2. The number of amides is 2. The van der Waals surface area contributed by atoms with Gasteiger partial charge in [0.05, 0.1) is 6.04 Å². The number of benzene rings is 2. The molecule has 0 unspecified atom stereocenters. The molecule has 1 fully saturated rings. The largest absolute Gasteiger partial charge is 0.378 e. The molecule has 154 valence electrons. The number of anilines is 2. The highest BCUT2D eigenvalue weighted by Gasteiger charge is 2.25. The van der Waals surface area contributed by atoms with Gasteiger partial charge in [0.25, 0.3) is 0 Å². The van der Waals surface area contributed by atoms with E-state index in [2.05, 4.69) is 39.8 Å². The molecule has 29 heavy (non-hydrogen) atoms. The maximum atomic E-state index is 13.3. The molecule has 2 N–H and O–H groups in total. The number of hydrogen-bond acceptors (Lipinski definition) is 4. The van der Waals surface area contributed by atoms with Crippen LogP contribution in [0.1, 0.15) is 24.4 Å². The van der Waals surface area contributed by atoms with Crippen molar-refractivity contribution in [2.24, 2.45) is 0 Å². The second kappa shape index (κ2) is 9.52. The van der Waals surface area contributed by atoms with E-state index < -0.39 is 17.6 Å². The highest BCUT2D eigenvalue weighted by atomic mass is 19.1. The molecule has 1 heterocycles. The fraction of sp³-hybridized carbons (Fsp3) is 0.364. The zero-order valence-corrected chi connectivity index (χ0v) is 16.8. The number of carbonyl (C=O) groups is 2. The Morgan fingerprint density at radius 1 is 1.07 bits per heavy atom. The van der Waals surface area contributed by atoms with Crippen LogP contribution in [-0.2, 0) is 9.59 Å². The summed E-state index contributed by atoms with van der Waals surface area (Å²) < 4.78 is 13.3. The smallest absolute Gasteiger partial charge is 0.313 e. The van der Waals surface area contributed by atoms with Crippen molar-refractivity contribution in [2.45, 2.75) is 18.9 Å². The van der Waals surface area contributed by atoms with Crippen molar-refractivity contribution in [2.75, 3.05) is 43.9 Å². The molecule has 6 nitrogen and oxygen atoms in total. The third-order valence-electron chi connectivity index (χ3n) is 5.12. The van der Waals surface area contributed by atoms with Gasteiger partial charge >= 0.3 is 11.8 Å². The van der Waals surface area contributed by atoms with Gasteiger partial charge in [-0.05, 0) is 61.8 Å². The Hall–Kier alpha value is -2.93. The van der Waals surface area contributed by atoms with E-state index in [1.807, 2.05) is 19.0 Å². The van der Waals surface area contributed by atoms with Gasteiger partial charge < -0.3 is 15.5 Å². The first-order chi connectivity index (χ1) is 13.9. The molecule has 2 aromatic carbocycles. The lowest BCUT2D eigenvalue weighted by atomic mass is 10.0. The van der Waals surface area contributed by atoms with Gasteiger partial charge in [-0.15, -0.1) is 0 Å². The second-order valence-electron chi connectivity index (χ2n) is 7.42. The standard InChI is InChI=1S/C22H27FN4O2/c1-26(2)19-10-8-16(9-11-19)20(27-12-3-4-13-27)15-24-21(28)22(29)25-18-7-5-6-17(23)14-18/h5-11,14,20H,3-4,12-13,15H2,1-2H3,(H,24,28)(H,25,29)/t20-/m0/s1. The van der Waals surface area contributed by atoms with E-state index in [1.54, 1.807) is 0 Å². The Labute approximate surface area is 170 Å². The molecule has 2 amide bonds. The van der Waals surface area contributed by atoms with Crippen LogP contribution in [0.5, 0.6) is 0 Å². The summed E-state index contributed by atoms with van der Waals surface area (Å²) in [5.41, 5.74) is 2.45. The number of carbonyl (C=O) groups excluding carboxylic acids is 2. The van der Waals surface area contributed by atoms with Gasteiger partial charge in [0.15, 0.2) is 0 Å². The van der Waals surface area contributed by atoms with E-state index in [0.717, 1.165) is 37.2 Å². The zero-order chi connectivity index (χ0) is 20.8. The van der Waals surface area contributed by atoms with E-state index >= 15 is 0 Å². The number of rotatable bonds is 6. The molecule has 3 rings (SSSR count). The first kappa shape index (κ1) is 20.8. The Morgan fingerprint density at radius 2 is 1.76 bits per heavy atom. The van der Waals surface area contributed by atoms with Crippen molar-refractivity contribution in [3.8, 4) is 0 Å². The van der Waals surface area contributed by atoms with Gasteiger partial charge in [-0.25, -0.2) is 4.39 Å². The molecule has 0 aliphatic carbocycles. The summed E-state index contributed by atoms with van der Waals surface area (Å²) in [7, 11) is 3.98. The Bertz CT molecular complexity index is 848. The summed E-state index contributed by atoms with van der Waals surface area (Å²) >= 11 is 0. The molecule has 1 atom stereocenters. The van der Waals surface area contributed by atoms with E-state index in [9.17, 15) is 14.0 Å². The summed E-state index contributed by atoms with van der Waals surface area (Å²) in [5.74, 6) is -2.01. The monoisotopic (exact) mass is 398 g/mol. The first-order valence-electron chi connectivity index (χ1n) is 9.80. The van der Waals surface area contributed by atoms with Gasteiger partial charge in [-0.1, -0.05) is 18.2 Å². The minimum absolute atomic E-state index is 0.000341. The normalized spacial score (nSPS) is 15.0. The maximum Gasteiger partial charge on any atom is 0.313 e. The minimum atomic E-state index is -0.807. The van der Waals surface area contributed by atoms with Crippen LogP contribution >= 0.6 is 0 Å². The lowest BCUT2D eigenvalue weighted by molar-refractivity contribution is -0.136. The van der Waals surface area contributed by atoms with Crippen LogP contribution in [0.25, 0.3) is 0 Å². The predicted octanol–water partition coefficient (Wildman–Crippen LogP) is 2.78. The summed E-state index contributed by atoms with van der Waals surface area (Å²) in [5, 5.41) is 5.16. The molecule has 0 spiro atoms. The molecule has 0 radical (unpaired) electrons. The number of nitrogens with one attached hydrogen (secondary N) is 2. The number of hydrogen-bond donors (Lipinski definition) is 2. The maximum absolute atomic E-state index is 13.3.